The van der Waals surface area contributed by atoms with Crippen molar-refractivity contribution < 1.29 is 9.53 Å². The van der Waals surface area contributed by atoms with Crippen LogP contribution in [0.3, 0.4) is 0 Å². The Balaban J connectivity index is 2.57. The fraction of sp³-hybridized carbons (Fsp3) is 0.562. The summed E-state index contributed by atoms with van der Waals surface area (Å²) >= 11 is 0. The van der Waals surface area contributed by atoms with Gasteiger partial charge in [-0.15, -0.1) is 0 Å². The normalized spacial score (nSPS) is 11.3. The van der Waals surface area contributed by atoms with Gasteiger partial charge >= 0.3 is 0 Å². The topological polar surface area (TPSA) is 26.3 Å². The van der Waals surface area contributed by atoms with Crippen LogP contribution in [0, 0.1) is 5.41 Å². The second kappa shape index (κ2) is 6.58. The number of unbranched alkanes of at least 4 members (excludes halogenated alkanes) is 1. The van der Waals surface area contributed by atoms with Gasteiger partial charge in [0.05, 0.1) is 6.61 Å². The van der Waals surface area contributed by atoms with E-state index >= 15 is 0 Å². The molecule has 0 saturated heterocycles. The van der Waals surface area contributed by atoms with E-state index in [2.05, 4.69) is 27.7 Å². The number of carbonyl (C=O) groups excluding carboxylic acids is 1. The molecule has 0 aliphatic heterocycles. The average Bonchev–Trinajstić information content (AvgIpc) is 2.28. The Kier molecular flexibility index (Phi) is 5.39. The standard InChI is InChI=1S/C16H24O2/c1-5-6-11-18-14-9-7-13(8-10-14)15(17)12-16(2,3)4/h7-10H,5-6,11-12H2,1-4H3. The highest BCUT2D eigenvalue weighted by atomic mass is 16.5. The summed E-state index contributed by atoms with van der Waals surface area (Å²) in [4.78, 5) is 12.0. The second-order valence-electron chi connectivity index (χ2n) is 5.89. The van der Waals surface area contributed by atoms with Gasteiger partial charge in [-0.2, -0.15) is 0 Å². The van der Waals surface area contributed by atoms with Crippen LogP contribution in [-0.2, 0) is 0 Å². The van der Waals surface area contributed by atoms with Crippen molar-refractivity contribution >= 4 is 5.78 Å². The average molecular weight is 248 g/mol. The van der Waals surface area contributed by atoms with Crippen molar-refractivity contribution in [3.63, 3.8) is 0 Å². The first-order valence-electron chi connectivity index (χ1n) is 6.68. The van der Waals surface area contributed by atoms with Crippen LogP contribution >= 0.6 is 0 Å². The summed E-state index contributed by atoms with van der Waals surface area (Å²) in [6.07, 6.45) is 2.76. The van der Waals surface area contributed by atoms with Crippen LogP contribution in [0.5, 0.6) is 5.75 Å². The van der Waals surface area contributed by atoms with Gasteiger partial charge in [0.15, 0.2) is 5.78 Å². The lowest BCUT2D eigenvalue weighted by Crippen LogP contribution is -2.12. The zero-order chi connectivity index (χ0) is 13.6. The summed E-state index contributed by atoms with van der Waals surface area (Å²) in [7, 11) is 0. The molecule has 0 atom stereocenters. The van der Waals surface area contributed by atoms with Crippen LogP contribution in [0.1, 0.15) is 57.3 Å². The first kappa shape index (κ1) is 14.7. The van der Waals surface area contributed by atoms with E-state index in [1.165, 1.54) is 0 Å². The van der Waals surface area contributed by atoms with Crippen molar-refractivity contribution in [3.8, 4) is 5.75 Å². The maximum Gasteiger partial charge on any atom is 0.163 e. The van der Waals surface area contributed by atoms with Gasteiger partial charge in [0.2, 0.25) is 0 Å². The van der Waals surface area contributed by atoms with E-state index in [4.69, 9.17) is 4.74 Å². The highest BCUT2D eigenvalue weighted by molar-refractivity contribution is 5.96. The molecular formula is C16H24O2. The molecule has 0 amide bonds. The summed E-state index contributed by atoms with van der Waals surface area (Å²) in [5, 5.41) is 0. The first-order chi connectivity index (χ1) is 8.42. The highest BCUT2D eigenvalue weighted by Crippen LogP contribution is 2.22. The van der Waals surface area contributed by atoms with Crippen LogP contribution in [-0.4, -0.2) is 12.4 Å². The van der Waals surface area contributed by atoms with Gasteiger partial charge in [0, 0.05) is 12.0 Å². The van der Waals surface area contributed by atoms with Crippen LogP contribution < -0.4 is 4.74 Å². The number of ether oxygens (including phenoxy) is 1. The fourth-order valence-electron chi connectivity index (χ4n) is 1.66. The van der Waals surface area contributed by atoms with Crippen molar-refractivity contribution in [2.24, 2.45) is 5.41 Å². The van der Waals surface area contributed by atoms with Crippen LogP contribution in [0.4, 0.5) is 0 Å². The maximum absolute atomic E-state index is 12.0. The molecule has 0 heterocycles. The number of rotatable bonds is 6. The van der Waals surface area contributed by atoms with Crippen molar-refractivity contribution in [2.75, 3.05) is 6.61 Å². The van der Waals surface area contributed by atoms with Gasteiger partial charge < -0.3 is 4.74 Å². The van der Waals surface area contributed by atoms with Gasteiger partial charge in [-0.1, -0.05) is 34.1 Å². The Morgan fingerprint density at radius 2 is 1.78 bits per heavy atom. The number of Topliss-reactive ketones (excluding diaryl/α,β-unsaturated/α-hetero) is 1. The summed E-state index contributed by atoms with van der Waals surface area (Å²) in [6.45, 7) is 9.11. The molecule has 0 aromatic heterocycles. The summed E-state index contributed by atoms with van der Waals surface area (Å²) < 4.78 is 5.57. The molecule has 0 unspecified atom stereocenters. The summed E-state index contributed by atoms with van der Waals surface area (Å²) in [5.41, 5.74) is 0.806. The van der Waals surface area contributed by atoms with Crippen LogP contribution in [0.25, 0.3) is 0 Å². The van der Waals surface area contributed by atoms with Gasteiger partial charge in [0.1, 0.15) is 5.75 Å². The SMILES string of the molecule is CCCCOc1ccc(C(=O)CC(C)(C)C)cc1. The van der Waals surface area contributed by atoms with Crippen molar-refractivity contribution in [3.05, 3.63) is 29.8 Å². The minimum Gasteiger partial charge on any atom is -0.494 e. The van der Waals surface area contributed by atoms with Crippen molar-refractivity contribution in [1.29, 1.82) is 0 Å². The molecular weight excluding hydrogens is 224 g/mol. The first-order valence-corrected chi connectivity index (χ1v) is 6.68. The maximum atomic E-state index is 12.0. The van der Waals surface area contributed by atoms with Crippen LogP contribution in [0.2, 0.25) is 0 Å². The Morgan fingerprint density at radius 3 is 2.28 bits per heavy atom. The number of benzene rings is 1. The predicted octanol–water partition coefficient (Wildman–Crippen LogP) is 4.48. The largest absolute Gasteiger partial charge is 0.494 e. The predicted molar refractivity (Wildman–Crippen MR) is 75.2 cm³/mol. The van der Waals surface area contributed by atoms with Crippen molar-refractivity contribution in [1.82, 2.24) is 0 Å². The molecule has 0 bridgehead atoms. The lowest BCUT2D eigenvalue weighted by atomic mass is 9.88. The minimum atomic E-state index is 0.0351. The third kappa shape index (κ3) is 5.35. The van der Waals surface area contributed by atoms with Crippen LogP contribution in [0.15, 0.2) is 24.3 Å². The number of carbonyl (C=O) groups is 1. The smallest absolute Gasteiger partial charge is 0.163 e. The summed E-state index contributed by atoms with van der Waals surface area (Å²) in [6, 6.07) is 7.47. The highest BCUT2D eigenvalue weighted by Gasteiger charge is 2.17. The molecule has 0 saturated carbocycles. The Bertz CT molecular complexity index is 371. The molecule has 0 spiro atoms. The van der Waals surface area contributed by atoms with E-state index < -0.39 is 0 Å². The Hall–Kier alpha value is -1.31. The third-order valence-corrected chi connectivity index (χ3v) is 2.63. The minimum absolute atomic E-state index is 0.0351. The molecule has 0 aliphatic carbocycles. The molecule has 100 valence electrons. The number of hydrogen-bond donors (Lipinski definition) is 0. The Labute approximate surface area is 110 Å². The molecule has 1 aromatic rings. The van der Waals surface area contributed by atoms with E-state index in [0.29, 0.717) is 6.42 Å². The molecule has 2 nitrogen and oxygen atoms in total. The number of hydrogen-bond acceptors (Lipinski definition) is 2. The van der Waals surface area contributed by atoms with Gasteiger partial charge in [-0.3, -0.25) is 4.79 Å². The molecule has 2 heteroatoms. The zero-order valence-electron chi connectivity index (χ0n) is 12.0. The lowest BCUT2D eigenvalue weighted by molar-refractivity contribution is 0.0940. The molecule has 1 aromatic carbocycles. The van der Waals surface area contributed by atoms with E-state index in [0.717, 1.165) is 30.8 Å². The van der Waals surface area contributed by atoms with Crippen molar-refractivity contribution in [2.45, 2.75) is 47.0 Å². The van der Waals surface area contributed by atoms with Gasteiger partial charge in [-0.25, -0.2) is 0 Å². The summed E-state index contributed by atoms with van der Waals surface area (Å²) in [5.74, 6) is 1.04. The van der Waals surface area contributed by atoms with E-state index in [-0.39, 0.29) is 11.2 Å². The zero-order valence-corrected chi connectivity index (χ0v) is 12.0. The lowest BCUT2D eigenvalue weighted by Gasteiger charge is -2.16. The van der Waals surface area contributed by atoms with E-state index in [1.807, 2.05) is 24.3 Å². The Morgan fingerprint density at radius 1 is 1.17 bits per heavy atom. The number of ketones is 1. The molecule has 18 heavy (non-hydrogen) atoms. The molecule has 0 N–H and O–H groups in total. The third-order valence-electron chi connectivity index (χ3n) is 2.63. The second-order valence-corrected chi connectivity index (χ2v) is 5.89. The van der Waals surface area contributed by atoms with E-state index in [9.17, 15) is 4.79 Å². The molecule has 0 fully saturated rings. The molecule has 0 aliphatic rings. The molecule has 1 rings (SSSR count). The van der Waals surface area contributed by atoms with Gasteiger partial charge in [-0.05, 0) is 36.1 Å². The van der Waals surface area contributed by atoms with Gasteiger partial charge in [0.25, 0.3) is 0 Å². The quantitative estimate of drug-likeness (QED) is 0.548. The fourth-order valence-corrected chi connectivity index (χ4v) is 1.66. The molecule has 0 radical (unpaired) electrons. The monoisotopic (exact) mass is 248 g/mol. The van der Waals surface area contributed by atoms with E-state index in [1.54, 1.807) is 0 Å².